The molecule has 0 aromatic carbocycles. The zero-order valence-corrected chi connectivity index (χ0v) is 39.6. The first-order valence-electron chi connectivity index (χ1n) is 25.7. The molecule has 0 aromatic rings. The van der Waals surface area contributed by atoms with Crippen molar-refractivity contribution in [3.05, 3.63) is 24.3 Å². The Kier molecular flexibility index (Phi) is 38.8. The third-order valence-corrected chi connectivity index (χ3v) is 12.5. The quantitative estimate of drug-likeness (QED) is 0.0216. The van der Waals surface area contributed by atoms with Gasteiger partial charge in [-0.05, 0) is 51.4 Å². The Morgan fingerprint density at radius 2 is 0.968 bits per heavy atom. The van der Waals surface area contributed by atoms with Crippen molar-refractivity contribution in [2.75, 3.05) is 13.2 Å². The van der Waals surface area contributed by atoms with Crippen LogP contribution in [0.2, 0.25) is 0 Å². The molecule has 1 aliphatic heterocycles. The summed E-state index contributed by atoms with van der Waals surface area (Å²) in [7, 11) is 0. The lowest BCUT2D eigenvalue weighted by atomic mass is 9.98. The Morgan fingerprint density at radius 3 is 1.44 bits per heavy atom. The summed E-state index contributed by atoms with van der Waals surface area (Å²) < 4.78 is 11.1. The summed E-state index contributed by atoms with van der Waals surface area (Å²) in [4.78, 5) is 13.0. The van der Waals surface area contributed by atoms with Crippen molar-refractivity contribution in [3.63, 3.8) is 0 Å². The molecule has 0 bridgehead atoms. The monoisotopic (exact) mass is 884 g/mol. The number of unbranched alkanes of at least 4 members (excludes halogenated alkanes) is 27. The predicted molar refractivity (Wildman–Crippen MR) is 252 cm³/mol. The van der Waals surface area contributed by atoms with Gasteiger partial charge in [0.2, 0.25) is 5.91 Å². The van der Waals surface area contributed by atoms with Crippen molar-refractivity contribution >= 4 is 5.91 Å². The van der Waals surface area contributed by atoms with Gasteiger partial charge in [0.25, 0.3) is 0 Å². The second-order valence-corrected chi connectivity index (χ2v) is 18.2. The smallest absolute Gasteiger partial charge is 0.249 e. The van der Waals surface area contributed by atoms with Crippen LogP contribution in [0.4, 0.5) is 0 Å². The molecule has 11 nitrogen and oxygen atoms in total. The molecular formula is C51H97NO10. The lowest BCUT2D eigenvalue weighted by Gasteiger charge is -2.40. The molecule has 9 unspecified atom stereocenters. The second-order valence-electron chi connectivity index (χ2n) is 18.2. The molecule has 9 atom stereocenters. The summed E-state index contributed by atoms with van der Waals surface area (Å²) in [6.45, 7) is 3.40. The number of aliphatic hydroxyl groups excluding tert-OH is 7. The van der Waals surface area contributed by atoms with E-state index in [0.29, 0.717) is 19.3 Å². The third kappa shape index (κ3) is 29.9. The number of hydrogen-bond donors (Lipinski definition) is 8. The van der Waals surface area contributed by atoms with Crippen LogP contribution in [0.15, 0.2) is 24.3 Å². The van der Waals surface area contributed by atoms with Crippen LogP contribution in [0.25, 0.3) is 0 Å². The molecule has 11 heteroatoms. The van der Waals surface area contributed by atoms with E-state index in [4.69, 9.17) is 9.47 Å². The van der Waals surface area contributed by atoms with Gasteiger partial charge in [0.1, 0.15) is 36.6 Å². The molecule has 62 heavy (non-hydrogen) atoms. The van der Waals surface area contributed by atoms with E-state index in [1.165, 1.54) is 141 Å². The fourth-order valence-corrected chi connectivity index (χ4v) is 8.22. The fourth-order valence-electron chi connectivity index (χ4n) is 8.22. The van der Waals surface area contributed by atoms with Crippen LogP contribution in [-0.2, 0) is 14.3 Å². The maximum Gasteiger partial charge on any atom is 0.249 e. The third-order valence-electron chi connectivity index (χ3n) is 12.5. The molecule has 1 saturated heterocycles. The molecule has 1 rings (SSSR count). The summed E-state index contributed by atoms with van der Waals surface area (Å²) in [5.74, 6) is -0.713. The first-order valence-corrected chi connectivity index (χ1v) is 25.7. The Balaban J connectivity index is 2.33. The van der Waals surface area contributed by atoms with E-state index < -0.39 is 74.2 Å². The van der Waals surface area contributed by atoms with Crippen LogP contribution in [0.5, 0.6) is 0 Å². The molecule has 0 saturated carbocycles. The zero-order valence-electron chi connectivity index (χ0n) is 39.6. The molecule has 1 heterocycles. The molecule has 0 aromatic heterocycles. The van der Waals surface area contributed by atoms with Gasteiger partial charge in [-0.1, -0.05) is 199 Å². The van der Waals surface area contributed by atoms with Crippen LogP contribution in [-0.4, -0.2) is 110 Å². The SMILES string of the molecule is CCCCCCCCCCCCCCCCCCC/C=C/CC/C=C/CCCC(O)C(O)C(COC1OC(CO)C(O)C(O)C1O)NC(=O)C(O)CCCCCCCCCCC. The van der Waals surface area contributed by atoms with E-state index in [1.54, 1.807) is 0 Å². The number of aliphatic hydroxyl groups is 7. The topological polar surface area (TPSA) is 189 Å². The van der Waals surface area contributed by atoms with E-state index in [9.17, 15) is 40.5 Å². The first-order chi connectivity index (χ1) is 30.2. The number of rotatable bonds is 43. The van der Waals surface area contributed by atoms with Gasteiger partial charge in [-0.25, -0.2) is 0 Å². The number of allylic oxidation sites excluding steroid dienone is 4. The maximum atomic E-state index is 13.0. The first kappa shape index (κ1) is 58.6. The molecule has 1 amide bonds. The Hall–Kier alpha value is -1.41. The van der Waals surface area contributed by atoms with Crippen LogP contribution in [0, 0.1) is 0 Å². The minimum atomic E-state index is -1.67. The molecule has 1 fully saturated rings. The molecule has 0 spiro atoms. The van der Waals surface area contributed by atoms with Crippen molar-refractivity contribution < 1.29 is 50.0 Å². The van der Waals surface area contributed by atoms with Crippen molar-refractivity contribution in [2.24, 2.45) is 0 Å². The highest BCUT2D eigenvalue weighted by Crippen LogP contribution is 2.23. The normalized spacial score (nSPS) is 21.5. The highest BCUT2D eigenvalue weighted by molar-refractivity contribution is 5.80. The molecule has 0 aliphatic carbocycles. The lowest BCUT2D eigenvalue weighted by molar-refractivity contribution is -0.303. The van der Waals surface area contributed by atoms with Crippen LogP contribution in [0.3, 0.4) is 0 Å². The summed E-state index contributed by atoms with van der Waals surface area (Å²) in [6.07, 6.45) is 35.5. The van der Waals surface area contributed by atoms with E-state index >= 15 is 0 Å². The highest BCUT2D eigenvalue weighted by atomic mass is 16.7. The predicted octanol–water partition coefficient (Wildman–Crippen LogP) is 9.40. The van der Waals surface area contributed by atoms with Gasteiger partial charge in [0, 0.05) is 0 Å². The number of hydrogen-bond acceptors (Lipinski definition) is 10. The number of carbonyl (C=O) groups excluding carboxylic acids is 1. The minimum Gasteiger partial charge on any atom is -0.394 e. The van der Waals surface area contributed by atoms with Crippen molar-refractivity contribution in [3.8, 4) is 0 Å². The van der Waals surface area contributed by atoms with E-state index in [0.717, 1.165) is 38.5 Å². The van der Waals surface area contributed by atoms with Crippen LogP contribution < -0.4 is 5.32 Å². The van der Waals surface area contributed by atoms with E-state index in [-0.39, 0.29) is 12.8 Å². The lowest BCUT2D eigenvalue weighted by Crippen LogP contribution is -2.60. The van der Waals surface area contributed by atoms with Gasteiger partial charge in [0.05, 0.1) is 25.4 Å². The standard InChI is InChI=1S/C51H97NO10/c1-3-5-7-9-11-13-14-15-16-17-18-19-20-21-22-23-24-25-26-27-28-29-31-32-34-36-38-43(54)46(56)42(41-61-51-49(59)48(58)47(57)45(40-53)62-51)52-50(60)44(55)39-37-35-33-30-12-10-8-6-4-2/h26-27,31-32,42-49,51,53-59H,3-25,28-30,33-41H2,1-2H3,(H,52,60)/b27-26+,32-31+. The highest BCUT2D eigenvalue weighted by Gasteiger charge is 2.44. The summed E-state index contributed by atoms with van der Waals surface area (Å²) in [6, 6.07) is -1.19. The number of ether oxygens (including phenoxy) is 2. The second kappa shape index (κ2) is 41.1. The molecule has 8 N–H and O–H groups in total. The number of carbonyl (C=O) groups is 1. The number of nitrogens with one attached hydrogen (secondary N) is 1. The Labute approximate surface area is 378 Å². The molecule has 0 radical (unpaired) electrons. The van der Waals surface area contributed by atoms with Gasteiger partial charge in [-0.2, -0.15) is 0 Å². The fraction of sp³-hybridized carbons (Fsp3) is 0.902. The van der Waals surface area contributed by atoms with Crippen molar-refractivity contribution in [1.82, 2.24) is 5.32 Å². The van der Waals surface area contributed by atoms with E-state index in [1.807, 2.05) is 0 Å². The van der Waals surface area contributed by atoms with E-state index in [2.05, 4.69) is 43.5 Å². The molecule has 1 aliphatic rings. The Bertz CT molecular complexity index is 1060. The molecule has 366 valence electrons. The summed E-state index contributed by atoms with van der Waals surface area (Å²) in [5, 5.41) is 75.6. The van der Waals surface area contributed by atoms with Gasteiger partial charge >= 0.3 is 0 Å². The van der Waals surface area contributed by atoms with Crippen molar-refractivity contribution in [2.45, 2.75) is 281 Å². The van der Waals surface area contributed by atoms with Gasteiger partial charge in [-0.15, -0.1) is 0 Å². The summed E-state index contributed by atoms with van der Waals surface area (Å²) >= 11 is 0. The van der Waals surface area contributed by atoms with Gasteiger partial charge in [0.15, 0.2) is 6.29 Å². The molecular weight excluding hydrogens is 787 g/mol. The zero-order chi connectivity index (χ0) is 45.5. The largest absolute Gasteiger partial charge is 0.394 e. The van der Waals surface area contributed by atoms with Crippen LogP contribution >= 0.6 is 0 Å². The van der Waals surface area contributed by atoms with Crippen LogP contribution in [0.1, 0.15) is 226 Å². The minimum absolute atomic E-state index is 0.248. The Morgan fingerprint density at radius 1 is 0.548 bits per heavy atom. The average molecular weight is 884 g/mol. The summed E-state index contributed by atoms with van der Waals surface area (Å²) in [5.41, 5.74) is 0. The maximum absolute atomic E-state index is 13.0. The average Bonchev–Trinajstić information content (AvgIpc) is 3.27. The van der Waals surface area contributed by atoms with Crippen molar-refractivity contribution in [1.29, 1.82) is 0 Å². The number of amides is 1. The van der Waals surface area contributed by atoms with Gasteiger partial charge in [-0.3, -0.25) is 4.79 Å². The van der Waals surface area contributed by atoms with Gasteiger partial charge < -0.3 is 50.5 Å².